The Morgan fingerprint density at radius 1 is 1.45 bits per heavy atom. The first-order valence-corrected chi connectivity index (χ1v) is 4.63. The van der Waals surface area contributed by atoms with Crippen LogP contribution in [0.3, 0.4) is 0 Å². The number of hydrogen-bond acceptors (Lipinski definition) is 0. The molecule has 0 radical (unpaired) electrons. The Morgan fingerprint density at radius 2 is 2.18 bits per heavy atom. The molecule has 0 N–H and O–H groups in total. The van der Waals surface area contributed by atoms with E-state index < -0.39 is 0 Å². The fourth-order valence-corrected chi connectivity index (χ4v) is 1.65. The summed E-state index contributed by atoms with van der Waals surface area (Å²) >= 11 is 0. The molecule has 0 spiro atoms. The van der Waals surface area contributed by atoms with Gasteiger partial charge < -0.3 is 0 Å². The predicted octanol–water partition coefficient (Wildman–Crippen LogP) is 3.70. The minimum absolute atomic E-state index is 0.710. The molecule has 1 unspecified atom stereocenters. The van der Waals surface area contributed by atoms with E-state index in [1.165, 1.54) is 24.8 Å². The van der Waals surface area contributed by atoms with Gasteiger partial charge in [-0.25, -0.2) is 0 Å². The molecule has 0 aromatic rings. The van der Waals surface area contributed by atoms with Crippen LogP contribution in [-0.4, -0.2) is 0 Å². The first-order valence-electron chi connectivity index (χ1n) is 4.63. The van der Waals surface area contributed by atoms with Crippen LogP contribution in [0.4, 0.5) is 0 Å². The van der Waals surface area contributed by atoms with Crippen molar-refractivity contribution in [2.75, 3.05) is 0 Å². The zero-order valence-electron chi connectivity index (χ0n) is 7.85. The second kappa shape index (κ2) is 3.75. The lowest BCUT2D eigenvalue weighted by Crippen LogP contribution is -1.90. The molecule has 0 saturated carbocycles. The van der Waals surface area contributed by atoms with Gasteiger partial charge in [0, 0.05) is 0 Å². The summed E-state index contributed by atoms with van der Waals surface area (Å²) in [6.45, 7) is 6.73. The average Bonchev–Trinajstić information content (AvgIpc) is 2.26. The fraction of sp³-hybridized carbons (Fsp3) is 0.636. The summed E-state index contributed by atoms with van der Waals surface area (Å²) in [7, 11) is 0. The summed E-state index contributed by atoms with van der Waals surface area (Å²) in [4.78, 5) is 0. The topological polar surface area (TPSA) is 0 Å². The molecular weight excluding hydrogens is 132 g/mol. The van der Waals surface area contributed by atoms with Gasteiger partial charge in [-0.05, 0) is 25.7 Å². The van der Waals surface area contributed by atoms with E-state index in [9.17, 15) is 0 Å². The summed E-state index contributed by atoms with van der Waals surface area (Å²) in [5.74, 6) is 0.710. The van der Waals surface area contributed by atoms with E-state index in [0.717, 1.165) is 0 Å². The van der Waals surface area contributed by atoms with Crippen LogP contribution >= 0.6 is 0 Å². The number of allylic oxidation sites excluding steroid dienone is 4. The van der Waals surface area contributed by atoms with Crippen LogP contribution in [-0.2, 0) is 0 Å². The summed E-state index contributed by atoms with van der Waals surface area (Å²) in [6.07, 6.45) is 8.65. The van der Waals surface area contributed by atoms with Crippen LogP contribution in [0.15, 0.2) is 23.3 Å². The molecule has 1 atom stereocenters. The smallest absolute Gasteiger partial charge is 0.00427 e. The molecule has 0 bridgehead atoms. The standard InChI is InChI=1S/C11H18/c1-4-5-6-11-8-9(2)7-10(11)3/h7-8,10H,4-6H2,1-3H3. The van der Waals surface area contributed by atoms with Gasteiger partial charge in [0.1, 0.15) is 0 Å². The quantitative estimate of drug-likeness (QED) is 0.575. The fourth-order valence-electron chi connectivity index (χ4n) is 1.65. The molecule has 0 fully saturated rings. The van der Waals surface area contributed by atoms with Crippen molar-refractivity contribution in [3.63, 3.8) is 0 Å². The maximum Gasteiger partial charge on any atom is -0.00427 e. The van der Waals surface area contributed by atoms with E-state index in [0.29, 0.717) is 5.92 Å². The van der Waals surface area contributed by atoms with Crippen LogP contribution in [0.25, 0.3) is 0 Å². The van der Waals surface area contributed by atoms with Gasteiger partial charge in [-0.3, -0.25) is 0 Å². The van der Waals surface area contributed by atoms with Crippen LogP contribution in [0.5, 0.6) is 0 Å². The molecule has 11 heavy (non-hydrogen) atoms. The predicted molar refractivity (Wildman–Crippen MR) is 50.5 cm³/mol. The van der Waals surface area contributed by atoms with Gasteiger partial charge in [-0.2, -0.15) is 0 Å². The lowest BCUT2D eigenvalue weighted by molar-refractivity contribution is 0.722. The van der Waals surface area contributed by atoms with Crippen LogP contribution in [0.2, 0.25) is 0 Å². The van der Waals surface area contributed by atoms with Crippen molar-refractivity contribution in [1.82, 2.24) is 0 Å². The number of hydrogen-bond donors (Lipinski definition) is 0. The highest BCUT2D eigenvalue weighted by Gasteiger charge is 2.10. The van der Waals surface area contributed by atoms with Gasteiger partial charge >= 0.3 is 0 Å². The van der Waals surface area contributed by atoms with E-state index >= 15 is 0 Å². The lowest BCUT2D eigenvalue weighted by Gasteiger charge is -2.05. The van der Waals surface area contributed by atoms with E-state index in [1.54, 1.807) is 5.57 Å². The maximum absolute atomic E-state index is 2.35. The van der Waals surface area contributed by atoms with E-state index in [1.807, 2.05) is 0 Å². The van der Waals surface area contributed by atoms with Gasteiger partial charge in [0.25, 0.3) is 0 Å². The monoisotopic (exact) mass is 150 g/mol. The van der Waals surface area contributed by atoms with Crippen molar-refractivity contribution < 1.29 is 0 Å². The molecule has 0 amide bonds. The second-order valence-electron chi connectivity index (χ2n) is 3.52. The van der Waals surface area contributed by atoms with Crippen molar-refractivity contribution in [2.24, 2.45) is 5.92 Å². The van der Waals surface area contributed by atoms with Gasteiger partial charge in [-0.15, -0.1) is 0 Å². The van der Waals surface area contributed by atoms with Crippen molar-refractivity contribution in [3.05, 3.63) is 23.3 Å². The Morgan fingerprint density at radius 3 is 2.64 bits per heavy atom. The molecule has 0 heterocycles. The lowest BCUT2D eigenvalue weighted by atomic mass is 10.00. The minimum atomic E-state index is 0.710. The Kier molecular flexibility index (Phi) is 2.92. The van der Waals surface area contributed by atoms with Crippen LogP contribution in [0.1, 0.15) is 40.0 Å². The molecule has 0 aromatic carbocycles. The first-order chi connectivity index (χ1) is 5.24. The highest BCUT2D eigenvalue weighted by molar-refractivity contribution is 5.33. The highest BCUT2D eigenvalue weighted by Crippen LogP contribution is 2.27. The van der Waals surface area contributed by atoms with E-state index in [2.05, 4.69) is 32.9 Å². The van der Waals surface area contributed by atoms with Gasteiger partial charge in [0.15, 0.2) is 0 Å². The molecule has 1 rings (SSSR count). The molecule has 1 aliphatic carbocycles. The molecule has 0 aliphatic heterocycles. The first kappa shape index (κ1) is 8.58. The van der Waals surface area contributed by atoms with Crippen molar-refractivity contribution in [3.8, 4) is 0 Å². The summed E-state index contributed by atoms with van der Waals surface area (Å²) in [5.41, 5.74) is 3.08. The Hall–Kier alpha value is -0.520. The van der Waals surface area contributed by atoms with Crippen molar-refractivity contribution in [1.29, 1.82) is 0 Å². The van der Waals surface area contributed by atoms with Gasteiger partial charge in [0.2, 0.25) is 0 Å². The Bertz CT molecular complexity index is 184. The third-order valence-corrected chi connectivity index (χ3v) is 2.33. The second-order valence-corrected chi connectivity index (χ2v) is 3.52. The van der Waals surface area contributed by atoms with E-state index in [-0.39, 0.29) is 0 Å². The molecule has 0 aromatic heterocycles. The third kappa shape index (κ3) is 2.21. The molecule has 1 aliphatic rings. The minimum Gasteiger partial charge on any atom is -0.0747 e. The number of rotatable bonds is 3. The van der Waals surface area contributed by atoms with Crippen molar-refractivity contribution in [2.45, 2.75) is 40.0 Å². The van der Waals surface area contributed by atoms with E-state index in [4.69, 9.17) is 0 Å². The Balaban J connectivity index is 2.43. The molecular formula is C11H18. The normalized spacial score (nSPS) is 23.4. The zero-order chi connectivity index (χ0) is 8.27. The summed E-state index contributed by atoms with van der Waals surface area (Å²) in [6, 6.07) is 0. The largest absolute Gasteiger partial charge is 0.0747 e. The Labute approximate surface area is 70.0 Å². The summed E-state index contributed by atoms with van der Waals surface area (Å²) < 4.78 is 0. The average molecular weight is 150 g/mol. The zero-order valence-corrected chi connectivity index (χ0v) is 7.85. The molecule has 62 valence electrons. The third-order valence-electron chi connectivity index (χ3n) is 2.33. The van der Waals surface area contributed by atoms with Crippen molar-refractivity contribution >= 4 is 0 Å². The SMILES string of the molecule is CCCCC1=CC(C)=CC1C. The molecule has 0 heteroatoms. The highest BCUT2D eigenvalue weighted by atomic mass is 14.2. The van der Waals surface area contributed by atoms with Gasteiger partial charge in [-0.1, -0.05) is 43.6 Å². The maximum atomic E-state index is 2.35. The van der Waals surface area contributed by atoms with Gasteiger partial charge in [0.05, 0.1) is 0 Å². The molecule has 0 nitrogen and oxygen atoms in total. The van der Waals surface area contributed by atoms with Crippen LogP contribution < -0.4 is 0 Å². The van der Waals surface area contributed by atoms with Crippen LogP contribution in [0, 0.1) is 5.92 Å². The number of unbranched alkanes of at least 4 members (excludes halogenated alkanes) is 1. The summed E-state index contributed by atoms with van der Waals surface area (Å²) in [5, 5.41) is 0. The molecule has 0 saturated heterocycles.